The minimum absolute atomic E-state index is 0.0502. The molecule has 1 saturated heterocycles. The van der Waals surface area contributed by atoms with E-state index in [1.165, 1.54) is 11.4 Å². The maximum atomic E-state index is 12.9. The molecule has 1 N–H and O–H groups in total. The fraction of sp³-hybridized carbons (Fsp3) is 0.409. The molecule has 1 heterocycles. The summed E-state index contributed by atoms with van der Waals surface area (Å²) in [5.41, 5.74) is 1.04. The van der Waals surface area contributed by atoms with Gasteiger partial charge in [-0.3, -0.25) is 0 Å². The molecule has 7 nitrogen and oxygen atoms in total. The quantitative estimate of drug-likeness (QED) is 0.711. The van der Waals surface area contributed by atoms with E-state index in [0.717, 1.165) is 18.4 Å². The van der Waals surface area contributed by atoms with Crippen LogP contribution >= 0.6 is 11.6 Å². The number of nitrogens with zero attached hydrogens (tertiary/aromatic N) is 2. The Morgan fingerprint density at radius 1 is 1.03 bits per heavy atom. The Morgan fingerprint density at radius 2 is 1.65 bits per heavy atom. The third-order valence-electron chi connectivity index (χ3n) is 5.82. The molecule has 2 aromatic rings. The van der Waals surface area contributed by atoms with Crippen LogP contribution in [0.25, 0.3) is 0 Å². The first-order valence-electron chi connectivity index (χ1n) is 10.3. The molecule has 1 aliphatic heterocycles. The number of piperazine rings is 1. The number of hydrogen-bond acceptors (Lipinski definition) is 4. The molecule has 9 heteroatoms. The zero-order valence-corrected chi connectivity index (χ0v) is 18.9. The average molecular weight is 464 g/mol. The molecule has 1 atom stereocenters. The second-order valence-corrected chi connectivity index (χ2v) is 10.3. The minimum Gasteiger partial charge on any atom is -0.497 e. The highest BCUT2D eigenvalue weighted by molar-refractivity contribution is 7.89. The van der Waals surface area contributed by atoms with Crippen molar-refractivity contribution in [3.8, 4) is 5.75 Å². The van der Waals surface area contributed by atoms with E-state index in [2.05, 4.69) is 5.32 Å². The van der Waals surface area contributed by atoms with E-state index >= 15 is 0 Å². The Bertz CT molecular complexity index is 1020. The molecule has 4 rings (SSSR count). The molecule has 2 aliphatic rings. The fourth-order valence-corrected chi connectivity index (χ4v) is 5.37. The van der Waals surface area contributed by atoms with Gasteiger partial charge in [0.1, 0.15) is 5.75 Å². The predicted octanol–water partition coefficient (Wildman–Crippen LogP) is 3.52. The van der Waals surface area contributed by atoms with Gasteiger partial charge in [0.2, 0.25) is 10.0 Å². The lowest BCUT2D eigenvalue weighted by Crippen LogP contribution is -2.53. The van der Waals surface area contributed by atoms with Crippen LogP contribution in [0.1, 0.15) is 24.4 Å². The van der Waals surface area contributed by atoms with Gasteiger partial charge >= 0.3 is 6.03 Å². The number of hydrogen-bond donors (Lipinski definition) is 1. The number of halogens is 1. The molecule has 2 aromatic carbocycles. The van der Waals surface area contributed by atoms with Crippen molar-refractivity contribution in [1.82, 2.24) is 14.5 Å². The summed E-state index contributed by atoms with van der Waals surface area (Å²) in [6.07, 6.45) is 2.17. The highest BCUT2D eigenvalue weighted by Crippen LogP contribution is 2.41. The van der Waals surface area contributed by atoms with Gasteiger partial charge in [-0.05, 0) is 60.7 Å². The maximum absolute atomic E-state index is 12.9. The van der Waals surface area contributed by atoms with E-state index in [1.807, 2.05) is 24.3 Å². The number of carbonyl (C=O) groups excluding carboxylic acids is 1. The largest absolute Gasteiger partial charge is 0.497 e. The van der Waals surface area contributed by atoms with Crippen molar-refractivity contribution in [3.05, 3.63) is 59.1 Å². The lowest BCUT2D eigenvalue weighted by Gasteiger charge is -2.35. The molecule has 166 valence electrons. The van der Waals surface area contributed by atoms with E-state index in [4.69, 9.17) is 16.3 Å². The summed E-state index contributed by atoms with van der Waals surface area (Å²) in [6, 6.07) is 13.7. The third kappa shape index (κ3) is 4.97. The van der Waals surface area contributed by atoms with Crippen LogP contribution in [-0.4, -0.2) is 56.9 Å². The number of sulfonamides is 1. The summed E-state index contributed by atoms with van der Waals surface area (Å²) >= 11 is 5.99. The van der Waals surface area contributed by atoms with E-state index < -0.39 is 10.0 Å². The monoisotopic (exact) mass is 463 g/mol. The van der Waals surface area contributed by atoms with Crippen molar-refractivity contribution < 1.29 is 17.9 Å². The van der Waals surface area contributed by atoms with Crippen LogP contribution in [0.2, 0.25) is 5.02 Å². The van der Waals surface area contributed by atoms with Crippen LogP contribution in [0.3, 0.4) is 0 Å². The van der Waals surface area contributed by atoms with Gasteiger partial charge in [0.05, 0.1) is 18.0 Å². The molecular weight excluding hydrogens is 438 g/mol. The Kier molecular flexibility index (Phi) is 6.41. The molecule has 0 spiro atoms. The van der Waals surface area contributed by atoms with Crippen LogP contribution in [0.15, 0.2) is 53.4 Å². The van der Waals surface area contributed by atoms with Crippen LogP contribution in [-0.2, 0) is 10.0 Å². The third-order valence-corrected chi connectivity index (χ3v) is 7.99. The first-order chi connectivity index (χ1) is 14.9. The second kappa shape index (κ2) is 9.06. The minimum atomic E-state index is -3.60. The van der Waals surface area contributed by atoms with Gasteiger partial charge < -0.3 is 15.0 Å². The van der Waals surface area contributed by atoms with Crippen molar-refractivity contribution in [1.29, 1.82) is 0 Å². The number of amides is 2. The van der Waals surface area contributed by atoms with Gasteiger partial charge in [-0.2, -0.15) is 4.31 Å². The van der Waals surface area contributed by atoms with Gasteiger partial charge in [-0.25, -0.2) is 13.2 Å². The maximum Gasteiger partial charge on any atom is 0.317 e. The topological polar surface area (TPSA) is 79.0 Å². The van der Waals surface area contributed by atoms with Crippen LogP contribution in [0, 0.1) is 5.92 Å². The lowest BCUT2D eigenvalue weighted by molar-refractivity contribution is 0.167. The molecule has 2 fully saturated rings. The molecular formula is C22H26ClN3O4S. The summed E-state index contributed by atoms with van der Waals surface area (Å²) in [6.45, 7) is 1.21. The normalized spacial score (nSPS) is 18.5. The number of nitrogens with one attached hydrogen (secondary N) is 1. The van der Waals surface area contributed by atoms with Gasteiger partial charge in [-0.1, -0.05) is 23.7 Å². The molecule has 0 aromatic heterocycles. The van der Waals surface area contributed by atoms with Crippen molar-refractivity contribution in [2.45, 2.75) is 23.8 Å². The molecule has 1 aliphatic carbocycles. The van der Waals surface area contributed by atoms with Crippen molar-refractivity contribution in [2.24, 2.45) is 5.92 Å². The summed E-state index contributed by atoms with van der Waals surface area (Å²) in [7, 11) is -2.07. The van der Waals surface area contributed by atoms with Gasteiger partial charge in [0, 0.05) is 31.2 Å². The number of rotatable bonds is 6. The number of methoxy groups -OCH3 is 1. The number of carbonyl (C=O) groups is 1. The van der Waals surface area contributed by atoms with Gasteiger partial charge in [0.15, 0.2) is 0 Å². The van der Waals surface area contributed by atoms with E-state index in [-0.39, 0.29) is 30.1 Å². The Labute approximate surface area is 188 Å². The molecule has 0 bridgehead atoms. The van der Waals surface area contributed by atoms with Crippen LogP contribution < -0.4 is 10.1 Å². The van der Waals surface area contributed by atoms with Crippen molar-refractivity contribution in [2.75, 3.05) is 33.3 Å². The number of ether oxygens (including phenoxy) is 1. The molecule has 1 saturated carbocycles. The van der Waals surface area contributed by atoms with Crippen molar-refractivity contribution in [3.63, 3.8) is 0 Å². The standard InChI is InChI=1S/C22H26ClN3O4S/c1-30-19-8-10-20(11-9-19)31(28,29)26-14-12-25(13-15-26)22(27)24-21(16-2-3-16)17-4-6-18(23)7-5-17/h4-11,16,21H,2-3,12-15H2,1H3,(H,24,27). The zero-order chi connectivity index (χ0) is 22.0. The molecule has 0 radical (unpaired) electrons. The predicted molar refractivity (Wildman–Crippen MR) is 119 cm³/mol. The summed E-state index contributed by atoms with van der Waals surface area (Å²) in [4.78, 5) is 14.8. The van der Waals surface area contributed by atoms with Crippen LogP contribution in [0.5, 0.6) is 5.75 Å². The molecule has 2 amide bonds. The zero-order valence-electron chi connectivity index (χ0n) is 17.3. The summed E-state index contributed by atoms with van der Waals surface area (Å²) in [5.74, 6) is 1.04. The first kappa shape index (κ1) is 21.9. The SMILES string of the molecule is COc1ccc(S(=O)(=O)N2CCN(C(=O)NC(c3ccc(Cl)cc3)C3CC3)CC2)cc1. The Balaban J connectivity index is 1.37. The van der Waals surface area contributed by atoms with E-state index in [0.29, 0.717) is 29.8 Å². The van der Waals surface area contributed by atoms with Gasteiger partial charge in [-0.15, -0.1) is 0 Å². The Morgan fingerprint density at radius 3 is 2.19 bits per heavy atom. The summed E-state index contributed by atoms with van der Waals surface area (Å²) < 4.78 is 32.3. The highest BCUT2D eigenvalue weighted by atomic mass is 35.5. The molecule has 31 heavy (non-hydrogen) atoms. The van der Waals surface area contributed by atoms with Crippen LogP contribution in [0.4, 0.5) is 4.79 Å². The highest BCUT2D eigenvalue weighted by Gasteiger charge is 2.36. The second-order valence-electron chi connectivity index (χ2n) is 7.88. The average Bonchev–Trinajstić information content (AvgIpc) is 3.63. The molecule has 1 unspecified atom stereocenters. The summed E-state index contributed by atoms with van der Waals surface area (Å²) in [5, 5.41) is 3.81. The number of urea groups is 1. The van der Waals surface area contributed by atoms with Crippen molar-refractivity contribution >= 4 is 27.7 Å². The smallest absolute Gasteiger partial charge is 0.317 e. The van der Waals surface area contributed by atoms with Gasteiger partial charge in [0.25, 0.3) is 0 Å². The van der Waals surface area contributed by atoms with E-state index in [9.17, 15) is 13.2 Å². The fourth-order valence-electron chi connectivity index (χ4n) is 3.83. The Hall–Kier alpha value is -2.29. The van der Waals surface area contributed by atoms with E-state index in [1.54, 1.807) is 29.2 Å². The lowest BCUT2D eigenvalue weighted by atomic mass is 10.0. The first-order valence-corrected chi connectivity index (χ1v) is 12.2. The number of benzene rings is 2.